The molecule has 0 atom stereocenters. The van der Waals surface area contributed by atoms with Crippen molar-refractivity contribution in [1.82, 2.24) is 0 Å². The third-order valence-corrected chi connectivity index (χ3v) is 5.07. The van der Waals surface area contributed by atoms with Gasteiger partial charge in [0.2, 0.25) is 0 Å². The van der Waals surface area contributed by atoms with Gasteiger partial charge in [0.15, 0.2) is 11.5 Å². The number of carboxylic acid groups (broad SMARTS) is 1. The van der Waals surface area contributed by atoms with Gasteiger partial charge in [-0.2, -0.15) is 5.26 Å². The lowest BCUT2D eigenvalue weighted by atomic mass is 10.1. The molecule has 0 bridgehead atoms. The summed E-state index contributed by atoms with van der Waals surface area (Å²) in [5, 5.41) is 21.4. The van der Waals surface area contributed by atoms with Crippen LogP contribution in [-0.4, -0.2) is 24.1 Å². The zero-order chi connectivity index (χ0) is 24.7. The van der Waals surface area contributed by atoms with E-state index in [2.05, 4.69) is 5.32 Å². The topological polar surface area (TPSA) is 109 Å². The van der Waals surface area contributed by atoms with Gasteiger partial charge in [-0.25, -0.2) is 4.79 Å². The third-order valence-electron chi connectivity index (χ3n) is 4.79. The standard InChI is InChI=1S/C26H21ClN2O5/c1-16-4-3-5-21(10-16)29-25(30)20(14-28)11-18-12-22(27)24(23(13-18)33-2)34-15-17-6-8-19(9-7-17)26(31)32/h3-13H,15H2,1-2H3,(H,29,30)(H,31,32)/b20-11-. The number of halogens is 1. The Morgan fingerprint density at radius 3 is 2.50 bits per heavy atom. The summed E-state index contributed by atoms with van der Waals surface area (Å²) in [5.41, 5.74) is 2.86. The fourth-order valence-corrected chi connectivity index (χ4v) is 3.37. The molecule has 0 aliphatic carbocycles. The number of carboxylic acids is 1. The number of methoxy groups -OCH3 is 1. The van der Waals surface area contributed by atoms with Crippen LogP contribution in [0.5, 0.6) is 11.5 Å². The van der Waals surface area contributed by atoms with Gasteiger partial charge in [-0.3, -0.25) is 4.79 Å². The van der Waals surface area contributed by atoms with Crippen molar-refractivity contribution in [3.63, 3.8) is 0 Å². The van der Waals surface area contributed by atoms with E-state index in [0.717, 1.165) is 11.1 Å². The van der Waals surface area contributed by atoms with Gasteiger partial charge in [0.05, 0.1) is 17.7 Å². The molecule has 0 aliphatic rings. The van der Waals surface area contributed by atoms with Crippen molar-refractivity contribution in [1.29, 1.82) is 5.26 Å². The molecular weight excluding hydrogens is 456 g/mol. The average molecular weight is 477 g/mol. The van der Waals surface area contributed by atoms with Crippen molar-refractivity contribution in [3.8, 4) is 17.6 Å². The van der Waals surface area contributed by atoms with Gasteiger partial charge in [0, 0.05) is 5.69 Å². The molecule has 3 rings (SSSR count). The van der Waals surface area contributed by atoms with E-state index in [1.807, 2.05) is 25.1 Å². The number of anilines is 1. The van der Waals surface area contributed by atoms with Gasteiger partial charge in [-0.05, 0) is 66.1 Å². The molecule has 0 spiro atoms. The Morgan fingerprint density at radius 2 is 1.88 bits per heavy atom. The van der Waals surface area contributed by atoms with Crippen molar-refractivity contribution >= 4 is 35.2 Å². The third kappa shape index (κ3) is 6.15. The van der Waals surface area contributed by atoms with Crippen LogP contribution >= 0.6 is 11.6 Å². The molecule has 1 amide bonds. The molecule has 34 heavy (non-hydrogen) atoms. The molecule has 0 saturated carbocycles. The summed E-state index contributed by atoms with van der Waals surface area (Å²) in [5.74, 6) is -0.956. The van der Waals surface area contributed by atoms with E-state index in [9.17, 15) is 14.9 Å². The number of aryl methyl sites for hydroxylation is 1. The molecule has 2 N–H and O–H groups in total. The minimum absolute atomic E-state index is 0.105. The van der Waals surface area contributed by atoms with E-state index in [1.54, 1.807) is 36.4 Å². The summed E-state index contributed by atoms with van der Waals surface area (Å²) in [6.07, 6.45) is 1.41. The second-order valence-corrected chi connectivity index (χ2v) is 7.73. The van der Waals surface area contributed by atoms with E-state index in [4.69, 9.17) is 26.2 Å². The summed E-state index contributed by atoms with van der Waals surface area (Å²) in [7, 11) is 1.45. The van der Waals surface area contributed by atoms with Crippen molar-refractivity contribution in [2.75, 3.05) is 12.4 Å². The first-order valence-electron chi connectivity index (χ1n) is 10.1. The quantitative estimate of drug-likeness (QED) is 0.329. The van der Waals surface area contributed by atoms with Gasteiger partial charge in [-0.1, -0.05) is 35.9 Å². The lowest BCUT2D eigenvalue weighted by molar-refractivity contribution is -0.112. The molecule has 7 nitrogen and oxygen atoms in total. The Bertz CT molecular complexity index is 1290. The van der Waals surface area contributed by atoms with Crippen LogP contribution in [0.4, 0.5) is 5.69 Å². The zero-order valence-corrected chi connectivity index (χ0v) is 19.2. The first-order valence-corrected chi connectivity index (χ1v) is 10.5. The van der Waals surface area contributed by atoms with Gasteiger partial charge >= 0.3 is 5.97 Å². The maximum Gasteiger partial charge on any atom is 0.335 e. The predicted octanol–water partition coefficient (Wildman–Crippen LogP) is 5.48. The minimum Gasteiger partial charge on any atom is -0.493 e. The zero-order valence-electron chi connectivity index (χ0n) is 18.5. The number of aromatic carboxylic acids is 1. The molecule has 0 radical (unpaired) electrons. The van der Waals surface area contributed by atoms with E-state index in [1.165, 1.54) is 25.3 Å². The smallest absolute Gasteiger partial charge is 0.335 e. The van der Waals surface area contributed by atoms with Crippen molar-refractivity contribution in [2.24, 2.45) is 0 Å². The molecule has 3 aromatic carbocycles. The largest absolute Gasteiger partial charge is 0.493 e. The SMILES string of the molecule is COc1cc(/C=C(/C#N)C(=O)Nc2cccc(C)c2)cc(Cl)c1OCc1ccc(C(=O)O)cc1. The number of rotatable bonds is 8. The lowest BCUT2D eigenvalue weighted by Gasteiger charge is -2.14. The predicted molar refractivity (Wildman–Crippen MR) is 129 cm³/mol. The van der Waals surface area contributed by atoms with Crippen LogP contribution in [0.25, 0.3) is 6.08 Å². The highest BCUT2D eigenvalue weighted by Crippen LogP contribution is 2.37. The van der Waals surface area contributed by atoms with Crippen LogP contribution in [0.3, 0.4) is 0 Å². The minimum atomic E-state index is -1.01. The maximum atomic E-state index is 12.6. The van der Waals surface area contributed by atoms with Gasteiger partial charge in [0.1, 0.15) is 18.2 Å². The molecule has 172 valence electrons. The Hall–Kier alpha value is -4.28. The number of nitrogens with zero attached hydrogens (tertiary/aromatic N) is 1. The van der Waals surface area contributed by atoms with Gasteiger partial charge in [0.25, 0.3) is 5.91 Å². The second kappa shape index (κ2) is 11.0. The highest BCUT2D eigenvalue weighted by atomic mass is 35.5. The van der Waals surface area contributed by atoms with Crippen LogP contribution in [0.1, 0.15) is 27.0 Å². The van der Waals surface area contributed by atoms with Gasteiger partial charge in [-0.15, -0.1) is 0 Å². The van der Waals surface area contributed by atoms with Crippen molar-refractivity contribution < 1.29 is 24.2 Å². The van der Waals surface area contributed by atoms with E-state index in [0.29, 0.717) is 17.0 Å². The highest BCUT2D eigenvalue weighted by molar-refractivity contribution is 6.32. The van der Waals surface area contributed by atoms with Crippen molar-refractivity contribution in [3.05, 3.63) is 93.5 Å². The number of hydrogen-bond donors (Lipinski definition) is 2. The summed E-state index contributed by atoms with van der Waals surface area (Å²) in [6.45, 7) is 2.03. The van der Waals surface area contributed by atoms with Crippen LogP contribution in [0, 0.1) is 18.3 Å². The molecule has 0 unspecified atom stereocenters. The summed E-state index contributed by atoms with van der Waals surface area (Å²) in [4.78, 5) is 23.5. The van der Waals surface area contributed by atoms with E-state index in [-0.39, 0.29) is 28.5 Å². The molecular formula is C26H21ClN2O5. The molecule has 0 heterocycles. The number of benzene rings is 3. The first kappa shape index (κ1) is 24.4. The summed E-state index contributed by atoms with van der Waals surface area (Å²) < 4.78 is 11.2. The van der Waals surface area contributed by atoms with Gasteiger partial charge < -0.3 is 19.9 Å². The molecule has 3 aromatic rings. The maximum absolute atomic E-state index is 12.6. The molecule has 8 heteroatoms. The first-order chi connectivity index (χ1) is 16.3. The van der Waals surface area contributed by atoms with Crippen molar-refractivity contribution in [2.45, 2.75) is 13.5 Å². The number of nitriles is 1. The fourth-order valence-electron chi connectivity index (χ4n) is 3.10. The highest BCUT2D eigenvalue weighted by Gasteiger charge is 2.15. The number of carbonyl (C=O) groups is 2. The van der Waals surface area contributed by atoms with Crippen LogP contribution < -0.4 is 14.8 Å². The number of amides is 1. The fraction of sp³-hybridized carbons (Fsp3) is 0.115. The monoisotopic (exact) mass is 476 g/mol. The van der Waals surface area contributed by atoms with E-state index >= 15 is 0 Å². The molecule has 0 aromatic heterocycles. The van der Waals surface area contributed by atoms with Crippen LogP contribution in [0.15, 0.2) is 66.2 Å². The Labute approximate surface area is 201 Å². The normalized spacial score (nSPS) is 10.8. The van der Waals surface area contributed by atoms with E-state index < -0.39 is 11.9 Å². The van der Waals surface area contributed by atoms with Crippen LogP contribution in [-0.2, 0) is 11.4 Å². The number of carbonyl (C=O) groups excluding carboxylic acids is 1. The number of ether oxygens (including phenoxy) is 2. The molecule has 0 aliphatic heterocycles. The Morgan fingerprint density at radius 1 is 1.15 bits per heavy atom. The average Bonchev–Trinajstić information content (AvgIpc) is 2.81. The molecule has 0 saturated heterocycles. The number of nitrogens with one attached hydrogen (secondary N) is 1. The summed E-state index contributed by atoms with van der Waals surface area (Å²) in [6, 6.07) is 18.6. The summed E-state index contributed by atoms with van der Waals surface area (Å²) >= 11 is 6.40. The molecule has 0 fully saturated rings. The number of hydrogen-bond acceptors (Lipinski definition) is 5. The second-order valence-electron chi connectivity index (χ2n) is 7.32. The van der Waals surface area contributed by atoms with Crippen LogP contribution in [0.2, 0.25) is 5.02 Å². The lowest BCUT2D eigenvalue weighted by Crippen LogP contribution is -2.13. The Kier molecular flexibility index (Phi) is 7.91. The Balaban J connectivity index is 1.79.